The molecule has 8 heteroatoms. The lowest BCUT2D eigenvalue weighted by molar-refractivity contribution is 0.582. The molecule has 20 heavy (non-hydrogen) atoms. The Balaban J connectivity index is 2.44. The molecular weight excluding hydrogens is 288 g/mol. The van der Waals surface area contributed by atoms with E-state index in [4.69, 9.17) is 5.26 Å². The minimum Gasteiger partial charge on any atom is -0.277 e. The molecule has 1 heterocycles. The smallest absolute Gasteiger partial charge is 0.264 e. The molecule has 102 valence electrons. The second kappa shape index (κ2) is 5.22. The molecule has 0 aliphatic rings. The van der Waals surface area contributed by atoms with Gasteiger partial charge >= 0.3 is 0 Å². The molecule has 1 aromatic carbocycles. The van der Waals surface area contributed by atoms with Gasteiger partial charge in [-0.15, -0.1) is 0 Å². The van der Waals surface area contributed by atoms with Crippen molar-refractivity contribution in [1.82, 2.24) is 4.98 Å². The molecule has 2 aromatic rings. The van der Waals surface area contributed by atoms with Gasteiger partial charge in [-0.2, -0.15) is 5.26 Å². The van der Waals surface area contributed by atoms with E-state index in [-0.39, 0.29) is 10.6 Å². The number of nitrogens with one attached hydrogen (secondary N) is 1. The van der Waals surface area contributed by atoms with Crippen LogP contribution in [0.2, 0.25) is 0 Å². The van der Waals surface area contributed by atoms with Crippen LogP contribution >= 0.6 is 0 Å². The number of pyridine rings is 1. The quantitative estimate of drug-likeness (QED) is 0.939. The summed E-state index contributed by atoms with van der Waals surface area (Å²) in [4.78, 5) is 3.22. The van der Waals surface area contributed by atoms with Crippen LogP contribution in [-0.2, 0) is 10.0 Å². The van der Waals surface area contributed by atoms with E-state index in [1.165, 1.54) is 12.3 Å². The molecule has 0 atom stereocenters. The molecule has 0 amide bonds. The molecular formula is C12H7F2N3O2S. The Bertz CT molecular complexity index is 801. The number of nitriles is 1. The summed E-state index contributed by atoms with van der Waals surface area (Å²) >= 11 is 0. The van der Waals surface area contributed by atoms with Gasteiger partial charge in [0.2, 0.25) is 0 Å². The SMILES string of the molecule is N#Cc1ncccc1S(=O)(=O)Nc1ccc(F)cc1F. The highest BCUT2D eigenvalue weighted by Crippen LogP contribution is 2.21. The molecule has 1 N–H and O–H groups in total. The Morgan fingerprint density at radius 3 is 2.65 bits per heavy atom. The minimum absolute atomic E-state index is 0.317. The van der Waals surface area contributed by atoms with Gasteiger partial charge in [-0.1, -0.05) is 0 Å². The van der Waals surface area contributed by atoms with Gasteiger partial charge in [0.05, 0.1) is 5.69 Å². The van der Waals surface area contributed by atoms with Gasteiger partial charge in [-0.3, -0.25) is 4.72 Å². The van der Waals surface area contributed by atoms with Crippen LogP contribution < -0.4 is 4.72 Å². The summed E-state index contributed by atoms with van der Waals surface area (Å²) in [5, 5.41) is 8.81. The molecule has 0 unspecified atom stereocenters. The number of sulfonamides is 1. The van der Waals surface area contributed by atoms with Crippen molar-refractivity contribution in [2.75, 3.05) is 4.72 Å². The third-order valence-corrected chi connectivity index (χ3v) is 3.74. The third-order valence-electron chi connectivity index (χ3n) is 2.34. The lowest BCUT2D eigenvalue weighted by atomic mass is 10.3. The predicted molar refractivity (Wildman–Crippen MR) is 66.1 cm³/mol. The van der Waals surface area contributed by atoms with E-state index >= 15 is 0 Å². The fourth-order valence-corrected chi connectivity index (χ4v) is 2.64. The molecule has 0 spiro atoms. The Kier molecular flexibility index (Phi) is 3.63. The molecule has 2 rings (SSSR count). The molecule has 5 nitrogen and oxygen atoms in total. The number of benzene rings is 1. The first kappa shape index (κ1) is 13.9. The average Bonchev–Trinajstić information content (AvgIpc) is 2.42. The van der Waals surface area contributed by atoms with E-state index in [0.717, 1.165) is 18.2 Å². The second-order valence-corrected chi connectivity index (χ2v) is 5.34. The van der Waals surface area contributed by atoms with Gasteiger partial charge < -0.3 is 0 Å². The van der Waals surface area contributed by atoms with Crippen LogP contribution in [0.15, 0.2) is 41.4 Å². The molecule has 0 fully saturated rings. The van der Waals surface area contributed by atoms with Crippen LogP contribution in [0.5, 0.6) is 0 Å². The highest BCUT2D eigenvalue weighted by Gasteiger charge is 2.20. The van der Waals surface area contributed by atoms with Gasteiger partial charge in [0, 0.05) is 12.3 Å². The van der Waals surface area contributed by atoms with Crippen LogP contribution in [0.1, 0.15) is 5.69 Å². The summed E-state index contributed by atoms with van der Waals surface area (Å²) < 4.78 is 52.2. The van der Waals surface area contributed by atoms with E-state index in [2.05, 4.69) is 4.98 Å². The summed E-state index contributed by atoms with van der Waals surface area (Å²) in [7, 11) is -4.19. The predicted octanol–water partition coefficient (Wildman–Crippen LogP) is 2.03. The van der Waals surface area contributed by atoms with E-state index in [1.807, 2.05) is 4.72 Å². The van der Waals surface area contributed by atoms with Crippen LogP contribution in [0.3, 0.4) is 0 Å². The van der Waals surface area contributed by atoms with E-state index in [0.29, 0.717) is 6.07 Å². The maximum atomic E-state index is 13.4. The summed E-state index contributed by atoms with van der Waals surface area (Å²) in [6.45, 7) is 0. The first-order valence-corrected chi connectivity index (χ1v) is 6.75. The zero-order valence-corrected chi connectivity index (χ0v) is 10.7. The van der Waals surface area contributed by atoms with Gasteiger partial charge in [0.15, 0.2) is 5.69 Å². The first-order valence-electron chi connectivity index (χ1n) is 5.27. The standard InChI is InChI=1S/C12H7F2N3O2S/c13-8-3-4-10(9(14)6-8)17-20(18,19)12-2-1-5-16-11(12)7-15/h1-6,17H. The summed E-state index contributed by atoms with van der Waals surface area (Å²) in [5.74, 6) is -1.89. The number of aromatic nitrogens is 1. The van der Waals surface area contributed by atoms with Crippen LogP contribution in [0.4, 0.5) is 14.5 Å². The second-order valence-electron chi connectivity index (χ2n) is 3.69. The summed E-state index contributed by atoms with van der Waals surface area (Å²) in [6.07, 6.45) is 1.26. The van der Waals surface area contributed by atoms with Crippen molar-refractivity contribution in [3.05, 3.63) is 53.9 Å². The molecule has 0 saturated carbocycles. The minimum atomic E-state index is -4.19. The molecule has 0 aliphatic carbocycles. The van der Waals surface area contributed by atoms with Crippen molar-refractivity contribution in [3.8, 4) is 6.07 Å². The van der Waals surface area contributed by atoms with E-state index in [9.17, 15) is 17.2 Å². The molecule has 0 radical (unpaired) electrons. The number of hydrogen-bond acceptors (Lipinski definition) is 4. The normalized spacial score (nSPS) is 10.8. The van der Waals surface area contributed by atoms with Crippen molar-refractivity contribution in [2.45, 2.75) is 4.90 Å². The van der Waals surface area contributed by atoms with Gasteiger partial charge in [0.1, 0.15) is 22.6 Å². The zero-order valence-electron chi connectivity index (χ0n) is 9.84. The van der Waals surface area contributed by atoms with Crippen molar-refractivity contribution in [3.63, 3.8) is 0 Å². The van der Waals surface area contributed by atoms with Crippen molar-refractivity contribution in [1.29, 1.82) is 5.26 Å². The average molecular weight is 295 g/mol. The van der Waals surface area contributed by atoms with Crippen molar-refractivity contribution < 1.29 is 17.2 Å². The number of halogens is 2. The van der Waals surface area contributed by atoms with Crippen molar-refractivity contribution >= 4 is 15.7 Å². The largest absolute Gasteiger partial charge is 0.277 e. The number of anilines is 1. The topological polar surface area (TPSA) is 82.8 Å². The van der Waals surface area contributed by atoms with Gasteiger partial charge in [0.25, 0.3) is 10.0 Å². The maximum absolute atomic E-state index is 13.4. The molecule has 0 bridgehead atoms. The van der Waals surface area contributed by atoms with E-state index < -0.39 is 27.3 Å². The monoisotopic (exact) mass is 295 g/mol. The Hall–Kier alpha value is -2.53. The Morgan fingerprint density at radius 2 is 2.00 bits per heavy atom. The Labute approximate surface area is 113 Å². The van der Waals surface area contributed by atoms with Gasteiger partial charge in [-0.05, 0) is 24.3 Å². The summed E-state index contributed by atoms with van der Waals surface area (Å²) in [5.41, 5.74) is -0.735. The Morgan fingerprint density at radius 1 is 1.25 bits per heavy atom. The lowest BCUT2D eigenvalue weighted by Crippen LogP contribution is -2.16. The molecule has 0 saturated heterocycles. The lowest BCUT2D eigenvalue weighted by Gasteiger charge is -2.09. The molecule has 0 aliphatic heterocycles. The maximum Gasteiger partial charge on any atom is 0.264 e. The van der Waals surface area contributed by atoms with Crippen molar-refractivity contribution in [2.24, 2.45) is 0 Å². The summed E-state index contributed by atoms with van der Waals surface area (Å²) in [6, 6.07) is 6.53. The van der Waals surface area contributed by atoms with Crippen LogP contribution in [0.25, 0.3) is 0 Å². The molecule has 1 aromatic heterocycles. The van der Waals surface area contributed by atoms with Crippen LogP contribution in [-0.4, -0.2) is 13.4 Å². The highest BCUT2D eigenvalue weighted by atomic mass is 32.2. The zero-order chi connectivity index (χ0) is 14.8. The van der Waals surface area contributed by atoms with E-state index in [1.54, 1.807) is 6.07 Å². The third kappa shape index (κ3) is 2.73. The fraction of sp³-hybridized carbons (Fsp3) is 0. The highest BCUT2D eigenvalue weighted by molar-refractivity contribution is 7.92. The number of nitrogens with zero attached hydrogens (tertiary/aromatic N) is 2. The number of rotatable bonds is 3. The number of hydrogen-bond donors (Lipinski definition) is 1. The van der Waals surface area contributed by atoms with Crippen LogP contribution in [0, 0.1) is 23.0 Å². The first-order chi connectivity index (χ1) is 9.44. The van der Waals surface area contributed by atoms with Gasteiger partial charge in [-0.25, -0.2) is 22.2 Å². The fourth-order valence-electron chi connectivity index (χ4n) is 1.46.